The highest BCUT2D eigenvalue weighted by atomic mass is 35.5. The minimum atomic E-state index is 0.326. The summed E-state index contributed by atoms with van der Waals surface area (Å²) in [4.78, 5) is 4.23. The Labute approximate surface area is 145 Å². The van der Waals surface area contributed by atoms with Gasteiger partial charge in [0.05, 0.1) is 17.8 Å². The fourth-order valence-corrected chi connectivity index (χ4v) is 2.51. The lowest BCUT2D eigenvalue weighted by Gasteiger charge is -2.10. The van der Waals surface area contributed by atoms with E-state index in [4.69, 9.17) is 21.6 Å². The Morgan fingerprint density at radius 3 is 2.83 bits per heavy atom. The highest BCUT2D eigenvalue weighted by Gasteiger charge is 2.09. The van der Waals surface area contributed by atoms with E-state index in [1.807, 2.05) is 18.2 Å². The molecule has 0 aliphatic heterocycles. The first-order valence-corrected chi connectivity index (χ1v) is 7.89. The molecule has 3 rings (SSSR count). The molecule has 0 spiro atoms. The van der Waals surface area contributed by atoms with E-state index in [9.17, 15) is 0 Å². The number of aryl methyl sites for hydroxylation is 1. The third kappa shape index (κ3) is 3.39. The van der Waals surface area contributed by atoms with Gasteiger partial charge in [0.2, 0.25) is 5.88 Å². The third-order valence-corrected chi connectivity index (χ3v) is 3.95. The average molecular weight is 339 g/mol. The van der Waals surface area contributed by atoms with Crippen molar-refractivity contribution in [3.63, 3.8) is 0 Å². The molecule has 6 heteroatoms. The lowest BCUT2D eigenvalue weighted by molar-refractivity contribution is 0.284. The van der Waals surface area contributed by atoms with Crippen molar-refractivity contribution in [3.05, 3.63) is 70.5 Å². The normalized spacial score (nSPS) is 10.4. The van der Waals surface area contributed by atoms with Gasteiger partial charge in [-0.1, -0.05) is 30.7 Å². The first kappa shape index (κ1) is 16.0. The van der Waals surface area contributed by atoms with E-state index in [2.05, 4.69) is 23.1 Å². The van der Waals surface area contributed by atoms with E-state index in [-0.39, 0.29) is 0 Å². The van der Waals surface area contributed by atoms with Crippen LogP contribution in [0.2, 0.25) is 5.02 Å². The SMILES string of the molecule is CCc1ccc(COc2ccnn2-c2cc(C#N)ccn2)c(Cl)c1. The average Bonchev–Trinajstić information content (AvgIpc) is 3.09. The number of hydrogen-bond donors (Lipinski definition) is 0. The summed E-state index contributed by atoms with van der Waals surface area (Å²) in [5.74, 6) is 1.06. The van der Waals surface area contributed by atoms with Crippen LogP contribution < -0.4 is 4.74 Å². The quantitative estimate of drug-likeness (QED) is 0.707. The summed E-state index contributed by atoms with van der Waals surface area (Å²) in [5.41, 5.74) is 2.60. The molecule has 0 aliphatic carbocycles. The van der Waals surface area contributed by atoms with Crippen molar-refractivity contribution in [3.8, 4) is 17.8 Å². The van der Waals surface area contributed by atoms with Crippen molar-refractivity contribution < 1.29 is 4.74 Å². The minimum absolute atomic E-state index is 0.326. The van der Waals surface area contributed by atoms with Crippen molar-refractivity contribution in [1.82, 2.24) is 14.8 Å². The predicted octanol–water partition coefficient (Wildman–Crippen LogP) is 3.93. The largest absolute Gasteiger partial charge is 0.473 e. The zero-order valence-electron chi connectivity index (χ0n) is 13.1. The Kier molecular flexibility index (Phi) is 4.78. The minimum Gasteiger partial charge on any atom is -0.473 e. The molecule has 0 fully saturated rings. The van der Waals surface area contributed by atoms with Crippen LogP contribution in [0.25, 0.3) is 5.82 Å². The van der Waals surface area contributed by atoms with Crippen LogP contribution in [-0.4, -0.2) is 14.8 Å². The van der Waals surface area contributed by atoms with E-state index in [1.165, 1.54) is 5.56 Å². The smallest absolute Gasteiger partial charge is 0.218 e. The van der Waals surface area contributed by atoms with Crippen molar-refractivity contribution >= 4 is 11.6 Å². The molecule has 0 bridgehead atoms. The fourth-order valence-electron chi connectivity index (χ4n) is 2.26. The molecule has 0 radical (unpaired) electrons. The first-order chi connectivity index (χ1) is 11.7. The second kappa shape index (κ2) is 7.16. The van der Waals surface area contributed by atoms with E-state index >= 15 is 0 Å². The second-order valence-electron chi connectivity index (χ2n) is 5.16. The van der Waals surface area contributed by atoms with Crippen LogP contribution in [0.15, 0.2) is 48.8 Å². The molecule has 2 heterocycles. The number of benzene rings is 1. The van der Waals surface area contributed by atoms with Gasteiger partial charge in [0.25, 0.3) is 0 Å². The van der Waals surface area contributed by atoms with Gasteiger partial charge in [0.15, 0.2) is 5.82 Å². The number of hydrogen-bond acceptors (Lipinski definition) is 4. The monoisotopic (exact) mass is 338 g/mol. The van der Waals surface area contributed by atoms with Gasteiger partial charge in [-0.25, -0.2) is 4.98 Å². The van der Waals surface area contributed by atoms with Gasteiger partial charge < -0.3 is 4.74 Å². The van der Waals surface area contributed by atoms with Gasteiger partial charge in [0.1, 0.15) is 6.61 Å². The first-order valence-electron chi connectivity index (χ1n) is 7.52. The third-order valence-electron chi connectivity index (χ3n) is 3.60. The molecule has 0 aliphatic rings. The van der Waals surface area contributed by atoms with Crippen LogP contribution in [0.3, 0.4) is 0 Å². The zero-order valence-corrected chi connectivity index (χ0v) is 13.9. The number of pyridine rings is 1. The van der Waals surface area contributed by atoms with Crippen LogP contribution >= 0.6 is 11.6 Å². The second-order valence-corrected chi connectivity index (χ2v) is 5.57. The van der Waals surface area contributed by atoms with Gasteiger partial charge in [-0.2, -0.15) is 15.0 Å². The van der Waals surface area contributed by atoms with E-state index in [0.717, 1.165) is 12.0 Å². The number of nitrogens with zero attached hydrogens (tertiary/aromatic N) is 4. The number of nitriles is 1. The van der Waals surface area contributed by atoms with Crippen LogP contribution in [0, 0.1) is 11.3 Å². The van der Waals surface area contributed by atoms with Gasteiger partial charge >= 0.3 is 0 Å². The Balaban J connectivity index is 1.80. The number of aromatic nitrogens is 3. The zero-order chi connectivity index (χ0) is 16.9. The molecule has 0 saturated heterocycles. The molecule has 120 valence electrons. The number of ether oxygens (including phenoxy) is 1. The standard InChI is InChI=1S/C18H15ClN4O/c1-2-13-3-4-15(16(19)9-13)12-24-18-6-8-22-23(18)17-10-14(11-20)5-7-21-17/h3-10H,2,12H2,1H3. The molecule has 2 aromatic heterocycles. The number of halogens is 1. The van der Waals surface area contributed by atoms with Crippen LogP contribution in [0.5, 0.6) is 5.88 Å². The molecule has 0 unspecified atom stereocenters. The topological polar surface area (TPSA) is 63.7 Å². The number of rotatable bonds is 5. The molecule has 24 heavy (non-hydrogen) atoms. The van der Waals surface area contributed by atoms with Gasteiger partial charge in [-0.15, -0.1) is 0 Å². The Bertz CT molecular complexity index is 898. The van der Waals surface area contributed by atoms with Crippen LogP contribution in [-0.2, 0) is 13.0 Å². The summed E-state index contributed by atoms with van der Waals surface area (Å²) >= 11 is 6.29. The van der Waals surface area contributed by atoms with E-state index < -0.39 is 0 Å². The molecule has 5 nitrogen and oxygen atoms in total. The maximum atomic E-state index is 9.00. The summed E-state index contributed by atoms with van der Waals surface area (Å²) in [6.07, 6.45) is 4.13. The van der Waals surface area contributed by atoms with Crippen molar-refractivity contribution in [2.75, 3.05) is 0 Å². The molecule has 3 aromatic rings. The highest BCUT2D eigenvalue weighted by molar-refractivity contribution is 6.31. The predicted molar refractivity (Wildman–Crippen MR) is 91.2 cm³/mol. The molecular weight excluding hydrogens is 324 g/mol. The van der Waals surface area contributed by atoms with E-state index in [0.29, 0.717) is 28.9 Å². The summed E-state index contributed by atoms with van der Waals surface area (Å²) in [7, 11) is 0. The molecule has 1 aromatic carbocycles. The summed E-state index contributed by atoms with van der Waals surface area (Å²) in [6, 6.07) is 13.1. The molecule has 0 amide bonds. The van der Waals surface area contributed by atoms with Gasteiger partial charge in [0, 0.05) is 28.9 Å². The van der Waals surface area contributed by atoms with Crippen LogP contribution in [0.1, 0.15) is 23.6 Å². The summed E-state index contributed by atoms with van der Waals surface area (Å²) in [6.45, 7) is 2.41. The highest BCUT2D eigenvalue weighted by Crippen LogP contribution is 2.22. The van der Waals surface area contributed by atoms with E-state index in [1.54, 1.807) is 35.3 Å². The Hall–Kier alpha value is -2.84. The Morgan fingerprint density at radius 1 is 1.21 bits per heavy atom. The lowest BCUT2D eigenvalue weighted by atomic mass is 10.1. The molecular formula is C18H15ClN4O. The lowest BCUT2D eigenvalue weighted by Crippen LogP contribution is -2.05. The van der Waals surface area contributed by atoms with Crippen molar-refractivity contribution in [1.29, 1.82) is 5.26 Å². The summed E-state index contributed by atoms with van der Waals surface area (Å²) < 4.78 is 7.39. The Morgan fingerprint density at radius 2 is 2.08 bits per heavy atom. The maximum Gasteiger partial charge on any atom is 0.218 e. The molecule has 0 saturated carbocycles. The van der Waals surface area contributed by atoms with Crippen molar-refractivity contribution in [2.45, 2.75) is 20.0 Å². The molecule has 0 atom stereocenters. The molecule has 0 N–H and O–H groups in total. The van der Waals surface area contributed by atoms with Crippen LogP contribution in [0.4, 0.5) is 0 Å². The maximum absolute atomic E-state index is 9.00. The van der Waals surface area contributed by atoms with Crippen molar-refractivity contribution in [2.24, 2.45) is 0 Å². The summed E-state index contributed by atoms with van der Waals surface area (Å²) in [5, 5.41) is 13.9. The van der Waals surface area contributed by atoms with Gasteiger partial charge in [-0.3, -0.25) is 0 Å². The fraction of sp³-hybridized carbons (Fsp3) is 0.167. The van der Waals surface area contributed by atoms with Gasteiger partial charge in [-0.05, 0) is 24.1 Å².